The van der Waals surface area contributed by atoms with Gasteiger partial charge in [0.05, 0.1) is 6.10 Å². The highest BCUT2D eigenvalue weighted by Crippen LogP contribution is 2.45. The molecule has 0 bridgehead atoms. The van der Waals surface area contributed by atoms with E-state index in [1.807, 2.05) is 16.8 Å². The van der Waals surface area contributed by atoms with Gasteiger partial charge in [0.25, 0.3) is 0 Å². The molecule has 1 atom stereocenters. The fraction of sp³-hybridized carbons (Fsp3) is 0.750. The van der Waals surface area contributed by atoms with Crippen molar-refractivity contribution in [1.29, 1.82) is 0 Å². The van der Waals surface area contributed by atoms with E-state index in [-0.39, 0.29) is 6.10 Å². The fourth-order valence-electron chi connectivity index (χ4n) is 3.85. The van der Waals surface area contributed by atoms with Gasteiger partial charge in [0.1, 0.15) is 0 Å². The van der Waals surface area contributed by atoms with Gasteiger partial charge in [-0.15, -0.1) is 0 Å². The van der Waals surface area contributed by atoms with Crippen LogP contribution in [-0.4, -0.2) is 17.7 Å². The number of hydrogen-bond acceptors (Lipinski definition) is 3. The zero-order valence-corrected chi connectivity index (χ0v) is 13.4. The molecular formula is C16H27NOS. The summed E-state index contributed by atoms with van der Waals surface area (Å²) in [6, 6.07) is 2.53. The molecule has 1 fully saturated rings. The Bertz CT molecular complexity index is 381. The summed E-state index contributed by atoms with van der Waals surface area (Å²) in [5.41, 5.74) is 1.83. The summed E-state index contributed by atoms with van der Waals surface area (Å²) in [6.07, 6.45) is 3.31. The Morgan fingerprint density at radius 3 is 2.47 bits per heavy atom. The Labute approximate surface area is 121 Å². The summed E-state index contributed by atoms with van der Waals surface area (Å²) in [7, 11) is 0. The first-order valence-electron chi connectivity index (χ1n) is 7.21. The van der Waals surface area contributed by atoms with Crippen molar-refractivity contribution < 1.29 is 5.11 Å². The molecule has 0 saturated heterocycles. The summed E-state index contributed by atoms with van der Waals surface area (Å²) in [6.45, 7) is 10.1. The highest BCUT2D eigenvalue weighted by Gasteiger charge is 2.38. The molecule has 0 spiro atoms. The average molecular weight is 281 g/mol. The molecule has 1 aliphatic carbocycles. The lowest BCUT2D eigenvalue weighted by Gasteiger charge is -2.45. The van der Waals surface area contributed by atoms with Crippen LogP contribution in [0, 0.1) is 10.8 Å². The normalized spacial score (nSPS) is 24.3. The lowest BCUT2D eigenvalue weighted by atomic mass is 9.63. The van der Waals surface area contributed by atoms with Crippen molar-refractivity contribution in [3.63, 3.8) is 0 Å². The Hall–Kier alpha value is -0.380. The summed E-state index contributed by atoms with van der Waals surface area (Å²) in [4.78, 5) is 0. The van der Waals surface area contributed by atoms with Crippen LogP contribution in [-0.2, 0) is 0 Å². The molecule has 19 heavy (non-hydrogen) atoms. The monoisotopic (exact) mass is 281 g/mol. The van der Waals surface area contributed by atoms with Crippen LogP contribution in [0.15, 0.2) is 16.8 Å². The molecule has 0 radical (unpaired) electrons. The quantitative estimate of drug-likeness (QED) is 0.875. The third-order valence-corrected chi connectivity index (χ3v) is 4.78. The van der Waals surface area contributed by atoms with Gasteiger partial charge < -0.3 is 10.4 Å². The van der Waals surface area contributed by atoms with Gasteiger partial charge >= 0.3 is 0 Å². The molecule has 1 aromatic rings. The first-order chi connectivity index (χ1) is 8.77. The maximum absolute atomic E-state index is 10.1. The third kappa shape index (κ3) is 4.30. The maximum Gasteiger partial charge on any atom is 0.0922 e. The largest absolute Gasteiger partial charge is 0.387 e. The van der Waals surface area contributed by atoms with E-state index in [1.54, 1.807) is 11.3 Å². The molecule has 0 aliphatic heterocycles. The van der Waals surface area contributed by atoms with Gasteiger partial charge in [-0.05, 0) is 52.5 Å². The molecule has 1 saturated carbocycles. The Morgan fingerprint density at radius 2 is 1.95 bits per heavy atom. The molecule has 1 aromatic heterocycles. The van der Waals surface area contributed by atoms with E-state index < -0.39 is 0 Å². The lowest BCUT2D eigenvalue weighted by molar-refractivity contribution is 0.0761. The number of hydrogen-bond donors (Lipinski definition) is 2. The summed E-state index contributed by atoms with van der Waals surface area (Å²) in [5.74, 6) is 0. The van der Waals surface area contributed by atoms with E-state index in [0.717, 1.165) is 5.56 Å². The lowest BCUT2D eigenvalue weighted by Crippen LogP contribution is -2.45. The van der Waals surface area contributed by atoms with E-state index in [4.69, 9.17) is 0 Å². The van der Waals surface area contributed by atoms with Gasteiger partial charge in [-0.1, -0.05) is 27.7 Å². The van der Waals surface area contributed by atoms with E-state index in [1.165, 1.54) is 19.3 Å². The standard InChI is InChI=1S/C16H27NOS/c1-15(2)7-13(8-16(3,4)11-15)17-9-14(18)12-5-6-19-10-12/h5-6,10,13-14,17-18H,7-9,11H2,1-4H3. The minimum absolute atomic E-state index is 0.376. The molecule has 1 unspecified atom stereocenters. The smallest absolute Gasteiger partial charge is 0.0922 e. The zero-order chi connectivity index (χ0) is 14.1. The minimum Gasteiger partial charge on any atom is -0.387 e. The molecule has 1 heterocycles. The number of rotatable bonds is 4. The van der Waals surface area contributed by atoms with Gasteiger partial charge in [0, 0.05) is 12.6 Å². The molecule has 3 heteroatoms. The first-order valence-corrected chi connectivity index (χ1v) is 8.15. The molecule has 108 valence electrons. The zero-order valence-electron chi connectivity index (χ0n) is 12.6. The van der Waals surface area contributed by atoms with Gasteiger partial charge in [-0.25, -0.2) is 0 Å². The Balaban J connectivity index is 1.89. The third-order valence-electron chi connectivity index (χ3n) is 4.08. The van der Waals surface area contributed by atoms with Gasteiger partial charge in [-0.3, -0.25) is 0 Å². The summed E-state index contributed by atoms with van der Waals surface area (Å²) in [5, 5.41) is 17.8. The summed E-state index contributed by atoms with van der Waals surface area (Å²) < 4.78 is 0. The van der Waals surface area contributed by atoms with Crippen LogP contribution in [0.25, 0.3) is 0 Å². The van der Waals surface area contributed by atoms with E-state index in [9.17, 15) is 5.11 Å². The van der Waals surface area contributed by atoms with Crippen LogP contribution in [0.5, 0.6) is 0 Å². The highest BCUT2D eigenvalue weighted by atomic mass is 32.1. The molecule has 2 nitrogen and oxygen atoms in total. The second kappa shape index (κ2) is 5.55. The first kappa shape index (κ1) is 15.0. The van der Waals surface area contributed by atoms with Crippen LogP contribution < -0.4 is 5.32 Å². The molecule has 2 rings (SSSR count). The van der Waals surface area contributed by atoms with Crippen molar-refractivity contribution in [2.24, 2.45) is 10.8 Å². The number of thiophene rings is 1. The van der Waals surface area contributed by atoms with Crippen LogP contribution in [0.1, 0.15) is 58.6 Å². The summed E-state index contributed by atoms with van der Waals surface area (Å²) >= 11 is 1.64. The Morgan fingerprint density at radius 1 is 1.32 bits per heavy atom. The van der Waals surface area contributed by atoms with Crippen molar-refractivity contribution in [1.82, 2.24) is 5.32 Å². The number of nitrogens with one attached hydrogen (secondary N) is 1. The van der Waals surface area contributed by atoms with E-state index in [2.05, 4.69) is 33.0 Å². The second-order valence-corrected chi connectivity index (χ2v) is 8.37. The molecule has 1 aliphatic rings. The van der Waals surface area contributed by atoms with Crippen LogP contribution in [0.4, 0.5) is 0 Å². The fourth-order valence-corrected chi connectivity index (χ4v) is 4.56. The van der Waals surface area contributed by atoms with Crippen molar-refractivity contribution in [3.05, 3.63) is 22.4 Å². The minimum atomic E-state index is -0.376. The van der Waals surface area contributed by atoms with Gasteiger partial charge in [0.15, 0.2) is 0 Å². The number of aliphatic hydroxyl groups is 1. The molecule has 0 amide bonds. The predicted octanol–water partition coefficient (Wildman–Crippen LogP) is 3.98. The molecular weight excluding hydrogens is 254 g/mol. The van der Waals surface area contributed by atoms with E-state index >= 15 is 0 Å². The SMILES string of the molecule is CC1(C)CC(NCC(O)c2ccsc2)CC(C)(C)C1. The number of aliphatic hydroxyl groups excluding tert-OH is 1. The predicted molar refractivity (Wildman–Crippen MR) is 82.5 cm³/mol. The van der Waals surface area contributed by atoms with E-state index in [0.29, 0.717) is 23.4 Å². The topological polar surface area (TPSA) is 32.3 Å². The maximum atomic E-state index is 10.1. The second-order valence-electron chi connectivity index (χ2n) is 7.59. The van der Waals surface area contributed by atoms with Gasteiger partial charge in [0.2, 0.25) is 0 Å². The van der Waals surface area contributed by atoms with Crippen molar-refractivity contribution in [3.8, 4) is 0 Å². The molecule has 2 N–H and O–H groups in total. The van der Waals surface area contributed by atoms with Gasteiger partial charge in [-0.2, -0.15) is 11.3 Å². The Kier molecular flexibility index (Phi) is 4.38. The van der Waals surface area contributed by atoms with Crippen molar-refractivity contribution >= 4 is 11.3 Å². The van der Waals surface area contributed by atoms with Crippen molar-refractivity contribution in [2.75, 3.05) is 6.54 Å². The van der Waals surface area contributed by atoms with Crippen LogP contribution in [0.3, 0.4) is 0 Å². The molecule has 0 aromatic carbocycles. The van der Waals surface area contributed by atoms with Crippen molar-refractivity contribution in [2.45, 2.75) is 59.1 Å². The van der Waals surface area contributed by atoms with Crippen LogP contribution >= 0.6 is 11.3 Å². The average Bonchev–Trinajstić information content (AvgIpc) is 2.74. The van der Waals surface area contributed by atoms with Crippen LogP contribution in [0.2, 0.25) is 0 Å². The highest BCUT2D eigenvalue weighted by molar-refractivity contribution is 7.07.